The molecule has 0 aliphatic carbocycles. The average Bonchev–Trinajstić information content (AvgIpc) is 3.01. The fourth-order valence-electron chi connectivity index (χ4n) is 2.25. The van der Waals surface area contributed by atoms with Crippen molar-refractivity contribution < 1.29 is 14.3 Å². The third-order valence-electron chi connectivity index (χ3n) is 3.24. The Labute approximate surface area is 116 Å². The van der Waals surface area contributed by atoms with E-state index in [9.17, 15) is 4.79 Å². The van der Waals surface area contributed by atoms with Crippen LogP contribution in [0.5, 0.6) is 0 Å². The number of carbonyl (C=O) groups excluding carboxylic acids is 1. The molecule has 2 N–H and O–H groups in total. The first-order valence-corrected chi connectivity index (χ1v) is 6.57. The summed E-state index contributed by atoms with van der Waals surface area (Å²) in [6.07, 6.45) is 1.50. The molecule has 1 amide bonds. The van der Waals surface area contributed by atoms with E-state index in [0.717, 1.165) is 11.0 Å². The van der Waals surface area contributed by atoms with Gasteiger partial charge in [0.05, 0.1) is 24.0 Å². The number of nitrogens with one attached hydrogen (secondary N) is 2. The van der Waals surface area contributed by atoms with Gasteiger partial charge in [0.25, 0.3) is 5.91 Å². The molecule has 2 heterocycles. The van der Waals surface area contributed by atoms with E-state index in [2.05, 4.69) is 15.3 Å². The summed E-state index contributed by atoms with van der Waals surface area (Å²) in [5.41, 5.74) is 2.29. The minimum absolute atomic E-state index is 0.107. The van der Waals surface area contributed by atoms with Crippen LogP contribution in [0.2, 0.25) is 0 Å². The number of imidazole rings is 1. The number of rotatable bonds is 3. The first kappa shape index (κ1) is 13.1. The molecule has 1 saturated heterocycles. The molecular weight excluding hydrogens is 258 g/mol. The van der Waals surface area contributed by atoms with Gasteiger partial charge in [-0.1, -0.05) is 0 Å². The smallest absolute Gasteiger partial charge is 0.251 e. The van der Waals surface area contributed by atoms with Gasteiger partial charge in [-0.3, -0.25) is 4.79 Å². The van der Waals surface area contributed by atoms with Crippen molar-refractivity contribution in [3.8, 4) is 0 Å². The van der Waals surface area contributed by atoms with E-state index in [1.165, 1.54) is 0 Å². The van der Waals surface area contributed by atoms with Crippen LogP contribution in [0.1, 0.15) is 24.2 Å². The molecule has 1 aromatic carbocycles. The number of benzene rings is 1. The molecule has 1 aromatic heterocycles. The monoisotopic (exact) mass is 275 g/mol. The molecule has 3 rings (SSSR count). The summed E-state index contributed by atoms with van der Waals surface area (Å²) in [6.45, 7) is 4.65. The molecule has 20 heavy (non-hydrogen) atoms. The van der Waals surface area contributed by atoms with Gasteiger partial charge in [0, 0.05) is 12.1 Å². The number of carbonyl (C=O) groups is 1. The highest BCUT2D eigenvalue weighted by Crippen LogP contribution is 2.21. The highest BCUT2D eigenvalue weighted by molar-refractivity contribution is 5.97. The Morgan fingerprint density at radius 3 is 3.15 bits per heavy atom. The van der Waals surface area contributed by atoms with E-state index < -0.39 is 5.79 Å². The number of aromatic amines is 1. The Bertz CT molecular complexity index is 635. The zero-order valence-electron chi connectivity index (χ0n) is 11.5. The van der Waals surface area contributed by atoms with Crippen LogP contribution >= 0.6 is 0 Å². The summed E-state index contributed by atoms with van der Waals surface area (Å²) in [5, 5.41) is 2.86. The number of hydrogen-bond donors (Lipinski definition) is 2. The summed E-state index contributed by atoms with van der Waals surface area (Å²) in [6, 6.07) is 5.36. The lowest BCUT2D eigenvalue weighted by molar-refractivity contribution is -0.137. The number of hydrogen-bond acceptors (Lipinski definition) is 4. The number of ether oxygens (including phenoxy) is 2. The van der Waals surface area contributed by atoms with Gasteiger partial charge in [-0.25, -0.2) is 4.98 Å². The molecule has 0 bridgehead atoms. The van der Waals surface area contributed by atoms with Crippen molar-refractivity contribution >= 4 is 16.9 Å². The second-order valence-electron chi connectivity index (χ2n) is 5.30. The molecule has 6 nitrogen and oxygen atoms in total. The molecule has 6 heteroatoms. The minimum Gasteiger partial charge on any atom is -0.349 e. The Hall–Kier alpha value is -1.92. The second-order valence-corrected chi connectivity index (χ2v) is 5.30. The zero-order valence-corrected chi connectivity index (χ0v) is 11.5. The van der Waals surface area contributed by atoms with E-state index >= 15 is 0 Å². The molecule has 2 aromatic rings. The normalized spacial score (nSPS) is 21.2. The molecule has 1 aliphatic rings. The molecule has 1 atom stereocenters. The van der Waals surface area contributed by atoms with Gasteiger partial charge in [-0.2, -0.15) is 0 Å². The van der Waals surface area contributed by atoms with Gasteiger partial charge < -0.3 is 19.8 Å². The molecular formula is C14H17N3O3. The highest BCUT2D eigenvalue weighted by atomic mass is 16.7. The number of nitrogens with zero attached hydrogens (tertiary/aromatic N) is 1. The van der Waals surface area contributed by atoms with Crippen LogP contribution in [0.25, 0.3) is 11.0 Å². The zero-order chi connectivity index (χ0) is 14.2. The van der Waals surface area contributed by atoms with Crippen LogP contribution in [0, 0.1) is 0 Å². The number of fused-ring (bicyclic) bond motifs is 1. The van der Waals surface area contributed by atoms with Crippen LogP contribution in [0.4, 0.5) is 0 Å². The van der Waals surface area contributed by atoms with Gasteiger partial charge >= 0.3 is 0 Å². The largest absolute Gasteiger partial charge is 0.349 e. The lowest BCUT2D eigenvalue weighted by atomic mass is 10.2. The summed E-state index contributed by atoms with van der Waals surface area (Å²) >= 11 is 0. The predicted molar refractivity (Wildman–Crippen MR) is 73.3 cm³/mol. The third kappa shape index (κ3) is 2.66. The van der Waals surface area contributed by atoms with Crippen molar-refractivity contribution in [1.82, 2.24) is 15.3 Å². The number of aromatic nitrogens is 2. The average molecular weight is 275 g/mol. The lowest BCUT2D eigenvalue weighted by Crippen LogP contribution is -2.34. The fourth-order valence-corrected chi connectivity index (χ4v) is 2.25. The van der Waals surface area contributed by atoms with Crippen molar-refractivity contribution in [3.63, 3.8) is 0 Å². The van der Waals surface area contributed by atoms with Crippen LogP contribution in [0.15, 0.2) is 24.5 Å². The minimum atomic E-state index is -0.565. The van der Waals surface area contributed by atoms with E-state index in [1.807, 2.05) is 19.9 Å². The lowest BCUT2D eigenvalue weighted by Gasteiger charge is -2.17. The van der Waals surface area contributed by atoms with Crippen molar-refractivity contribution in [3.05, 3.63) is 30.1 Å². The maximum atomic E-state index is 12.1. The SMILES string of the molecule is CC1(C)OCC(CNC(=O)c2ccc3nc[nH]c3c2)O1. The molecule has 1 fully saturated rings. The standard InChI is InChI=1S/C14H17N3O3/c1-14(2)19-7-10(20-14)6-15-13(18)9-3-4-11-12(5-9)17-8-16-11/h3-5,8,10H,6-7H2,1-2H3,(H,15,18)(H,16,17). The maximum absolute atomic E-state index is 12.1. The molecule has 0 radical (unpaired) electrons. The van der Waals surface area contributed by atoms with Gasteiger partial charge in [0.15, 0.2) is 5.79 Å². The summed E-state index contributed by atoms with van der Waals surface area (Å²) in [7, 11) is 0. The Kier molecular flexibility index (Phi) is 3.19. The third-order valence-corrected chi connectivity index (χ3v) is 3.24. The second kappa shape index (κ2) is 4.88. The van der Waals surface area contributed by atoms with Crippen LogP contribution < -0.4 is 5.32 Å². The maximum Gasteiger partial charge on any atom is 0.251 e. The van der Waals surface area contributed by atoms with Crippen molar-refractivity contribution in [2.45, 2.75) is 25.7 Å². The summed E-state index contributed by atoms with van der Waals surface area (Å²) in [4.78, 5) is 19.2. The van der Waals surface area contributed by atoms with Crippen molar-refractivity contribution in [1.29, 1.82) is 0 Å². The highest BCUT2D eigenvalue weighted by Gasteiger charge is 2.32. The molecule has 0 spiro atoms. The fraction of sp³-hybridized carbons (Fsp3) is 0.429. The van der Waals surface area contributed by atoms with E-state index in [0.29, 0.717) is 18.7 Å². The predicted octanol–water partition coefficient (Wildman–Crippen LogP) is 1.44. The molecule has 1 unspecified atom stereocenters. The van der Waals surface area contributed by atoms with Crippen molar-refractivity contribution in [2.75, 3.05) is 13.2 Å². The molecule has 106 valence electrons. The van der Waals surface area contributed by atoms with Crippen LogP contribution in [-0.4, -0.2) is 40.9 Å². The van der Waals surface area contributed by atoms with Gasteiger partial charge in [-0.05, 0) is 32.0 Å². The topological polar surface area (TPSA) is 76.2 Å². The Morgan fingerprint density at radius 2 is 2.40 bits per heavy atom. The summed E-state index contributed by atoms with van der Waals surface area (Å²) < 4.78 is 11.1. The quantitative estimate of drug-likeness (QED) is 0.888. The number of amides is 1. The molecule has 0 saturated carbocycles. The van der Waals surface area contributed by atoms with Crippen molar-refractivity contribution in [2.24, 2.45) is 0 Å². The van der Waals surface area contributed by atoms with E-state index in [4.69, 9.17) is 9.47 Å². The summed E-state index contributed by atoms with van der Waals surface area (Å²) in [5.74, 6) is -0.695. The first-order chi connectivity index (χ1) is 9.53. The first-order valence-electron chi connectivity index (χ1n) is 6.57. The van der Waals surface area contributed by atoms with Gasteiger partial charge in [0.2, 0.25) is 0 Å². The van der Waals surface area contributed by atoms with Gasteiger partial charge in [-0.15, -0.1) is 0 Å². The van der Waals surface area contributed by atoms with E-state index in [1.54, 1.807) is 18.5 Å². The Balaban J connectivity index is 1.61. The van der Waals surface area contributed by atoms with E-state index in [-0.39, 0.29) is 12.0 Å². The van der Waals surface area contributed by atoms with Crippen LogP contribution in [-0.2, 0) is 9.47 Å². The van der Waals surface area contributed by atoms with Crippen LogP contribution in [0.3, 0.4) is 0 Å². The van der Waals surface area contributed by atoms with Gasteiger partial charge in [0.1, 0.15) is 6.10 Å². The number of H-pyrrole nitrogens is 1. The molecule has 1 aliphatic heterocycles. The Morgan fingerprint density at radius 1 is 1.55 bits per heavy atom.